The SMILES string of the molecule is N#C/C(=C1/Nc2ccccc2S1)c1ccccc1. The highest BCUT2D eigenvalue weighted by Crippen LogP contribution is 2.43. The van der Waals surface area contributed by atoms with Gasteiger partial charge in [0.25, 0.3) is 0 Å². The van der Waals surface area contributed by atoms with E-state index in [0.29, 0.717) is 5.57 Å². The van der Waals surface area contributed by atoms with Crippen LogP contribution in [0, 0.1) is 11.3 Å². The summed E-state index contributed by atoms with van der Waals surface area (Å²) in [5.74, 6) is 0. The maximum Gasteiger partial charge on any atom is 0.103 e. The first-order valence-corrected chi connectivity index (χ1v) is 6.44. The molecule has 1 heterocycles. The number of nitriles is 1. The zero-order valence-electron chi connectivity index (χ0n) is 9.55. The Bertz CT molecular complexity index is 627. The first kappa shape index (κ1) is 10.9. The molecule has 0 atom stereocenters. The van der Waals surface area contributed by atoms with E-state index in [9.17, 15) is 5.26 Å². The number of benzene rings is 2. The number of fused-ring (bicyclic) bond motifs is 1. The molecular weight excluding hydrogens is 240 g/mol. The van der Waals surface area contributed by atoms with Gasteiger partial charge in [-0.15, -0.1) is 0 Å². The molecule has 0 aromatic heterocycles. The topological polar surface area (TPSA) is 35.8 Å². The Morgan fingerprint density at radius 3 is 2.44 bits per heavy atom. The lowest BCUT2D eigenvalue weighted by molar-refractivity contribution is 1.45. The molecule has 2 aromatic carbocycles. The number of rotatable bonds is 1. The second kappa shape index (κ2) is 4.59. The molecule has 0 unspecified atom stereocenters. The quantitative estimate of drug-likeness (QED) is 0.774. The van der Waals surface area contributed by atoms with E-state index in [-0.39, 0.29) is 0 Å². The number of allylic oxidation sites excluding steroid dienone is 1. The van der Waals surface area contributed by atoms with Crippen LogP contribution in [0.15, 0.2) is 64.5 Å². The van der Waals surface area contributed by atoms with Gasteiger partial charge in [-0.05, 0) is 17.7 Å². The summed E-state index contributed by atoms with van der Waals surface area (Å²) in [5.41, 5.74) is 2.71. The van der Waals surface area contributed by atoms with Crippen LogP contribution in [-0.2, 0) is 0 Å². The second-order valence-electron chi connectivity index (χ2n) is 3.91. The van der Waals surface area contributed by atoms with Gasteiger partial charge in [0, 0.05) is 4.90 Å². The summed E-state index contributed by atoms with van der Waals surface area (Å²) in [5, 5.41) is 13.6. The van der Waals surface area contributed by atoms with Crippen LogP contribution in [-0.4, -0.2) is 0 Å². The third kappa shape index (κ3) is 1.87. The summed E-state index contributed by atoms with van der Waals surface area (Å²) in [7, 11) is 0. The van der Waals surface area contributed by atoms with Gasteiger partial charge in [0.2, 0.25) is 0 Å². The minimum absolute atomic E-state index is 0.691. The van der Waals surface area contributed by atoms with E-state index in [0.717, 1.165) is 21.2 Å². The molecule has 0 saturated carbocycles. The molecule has 0 bridgehead atoms. The first-order valence-electron chi connectivity index (χ1n) is 5.62. The van der Waals surface area contributed by atoms with Crippen LogP contribution < -0.4 is 5.32 Å². The van der Waals surface area contributed by atoms with Crippen LogP contribution in [0.4, 0.5) is 5.69 Å². The van der Waals surface area contributed by atoms with E-state index in [1.54, 1.807) is 11.8 Å². The molecule has 0 amide bonds. The van der Waals surface area contributed by atoms with Gasteiger partial charge < -0.3 is 5.32 Å². The maximum atomic E-state index is 9.36. The Balaban J connectivity index is 2.05. The molecule has 0 aliphatic carbocycles. The van der Waals surface area contributed by atoms with Crippen LogP contribution in [0.5, 0.6) is 0 Å². The van der Waals surface area contributed by atoms with Gasteiger partial charge in [0.05, 0.1) is 16.3 Å². The zero-order chi connectivity index (χ0) is 12.4. The van der Waals surface area contributed by atoms with Crippen molar-refractivity contribution >= 4 is 23.0 Å². The molecule has 1 aliphatic rings. The summed E-state index contributed by atoms with van der Waals surface area (Å²) in [6, 6.07) is 20.1. The molecule has 0 spiro atoms. The van der Waals surface area contributed by atoms with Gasteiger partial charge in [-0.3, -0.25) is 0 Å². The van der Waals surface area contributed by atoms with Crippen molar-refractivity contribution in [3.05, 3.63) is 65.2 Å². The van der Waals surface area contributed by atoms with E-state index in [4.69, 9.17) is 0 Å². The van der Waals surface area contributed by atoms with Crippen LogP contribution >= 0.6 is 11.8 Å². The maximum absolute atomic E-state index is 9.36. The Morgan fingerprint density at radius 1 is 1.00 bits per heavy atom. The van der Waals surface area contributed by atoms with Crippen molar-refractivity contribution in [2.75, 3.05) is 5.32 Å². The Kier molecular flexibility index (Phi) is 2.79. The number of hydrogen-bond donors (Lipinski definition) is 1. The molecule has 86 valence electrons. The fourth-order valence-electron chi connectivity index (χ4n) is 1.88. The summed E-state index contributed by atoms with van der Waals surface area (Å²) < 4.78 is 0. The van der Waals surface area contributed by atoms with Crippen molar-refractivity contribution in [1.82, 2.24) is 0 Å². The van der Waals surface area contributed by atoms with Gasteiger partial charge in [-0.25, -0.2) is 0 Å². The predicted octanol–water partition coefficient (Wildman–Crippen LogP) is 4.10. The second-order valence-corrected chi connectivity index (χ2v) is 4.96. The van der Waals surface area contributed by atoms with Gasteiger partial charge in [0.1, 0.15) is 6.07 Å². The van der Waals surface area contributed by atoms with Gasteiger partial charge in [0.15, 0.2) is 0 Å². The van der Waals surface area contributed by atoms with Crippen LogP contribution in [0.25, 0.3) is 5.57 Å². The van der Waals surface area contributed by atoms with Crippen molar-refractivity contribution in [1.29, 1.82) is 5.26 Å². The third-order valence-corrected chi connectivity index (χ3v) is 3.83. The fourth-order valence-corrected chi connectivity index (χ4v) is 2.90. The van der Waals surface area contributed by atoms with Crippen molar-refractivity contribution in [3.8, 4) is 6.07 Å². The van der Waals surface area contributed by atoms with Crippen molar-refractivity contribution < 1.29 is 0 Å². The molecule has 0 radical (unpaired) electrons. The molecular formula is C15H10N2S. The molecule has 0 saturated heterocycles. The summed E-state index contributed by atoms with van der Waals surface area (Å²) in [6.45, 7) is 0. The molecule has 2 aromatic rings. The van der Waals surface area contributed by atoms with Crippen LogP contribution in [0.2, 0.25) is 0 Å². The lowest BCUT2D eigenvalue weighted by Gasteiger charge is -2.03. The van der Waals surface area contributed by atoms with Crippen molar-refractivity contribution in [2.24, 2.45) is 0 Å². The lowest BCUT2D eigenvalue weighted by Crippen LogP contribution is -1.93. The lowest BCUT2D eigenvalue weighted by atomic mass is 10.1. The molecule has 2 nitrogen and oxygen atoms in total. The minimum atomic E-state index is 0.691. The summed E-state index contributed by atoms with van der Waals surface area (Å²) in [6.07, 6.45) is 0. The minimum Gasteiger partial charge on any atom is -0.348 e. The zero-order valence-corrected chi connectivity index (χ0v) is 10.4. The van der Waals surface area contributed by atoms with Gasteiger partial charge in [-0.2, -0.15) is 5.26 Å². The first-order chi connectivity index (χ1) is 8.88. The number of nitrogens with one attached hydrogen (secondary N) is 1. The molecule has 1 N–H and O–H groups in total. The average Bonchev–Trinajstić information content (AvgIpc) is 2.84. The van der Waals surface area contributed by atoms with E-state index < -0.39 is 0 Å². The highest BCUT2D eigenvalue weighted by atomic mass is 32.2. The van der Waals surface area contributed by atoms with Gasteiger partial charge >= 0.3 is 0 Å². The number of hydrogen-bond acceptors (Lipinski definition) is 3. The standard InChI is InChI=1S/C15H10N2S/c16-10-12(11-6-2-1-3-7-11)15-17-13-8-4-5-9-14(13)18-15/h1-9,17H/b15-12+. The van der Waals surface area contributed by atoms with Crippen LogP contribution in [0.1, 0.15) is 5.56 Å². The Hall–Kier alpha value is -2.18. The smallest absolute Gasteiger partial charge is 0.103 e. The van der Waals surface area contributed by atoms with Crippen molar-refractivity contribution in [2.45, 2.75) is 4.90 Å². The van der Waals surface area contributed by atoms with E-state index in [1.807, 2.05) is 48.5 Å². The van der Waals surface area contributed by atoms with E-state index >= 15 is 0 Å². The molecule has 3 heteroatoms. The highest BCUT2D eigenvalue weighted by Gasteiger charge is 2.19. The third-order valence-electron chi connectivity index (χ3n) is 2.75. The average molecular weight is 250 g/mol. The van der Waals surface area contributed by atoms with E-state index in [2.05, 4.69) is 17.5 Å². The molecule has 18 heavy (non-hydrogen) atoms. The number of anilines is 1. The number of thioether (sulfide) groups is 1. The Morgan fingerprint density at radius 2 is 1.72 bits per heavy atom. The summed E-state index contributed by atoms with van der Waals surface area (Å²) >= 11 is 1.61. The fraction of sp³-hybridized carbons (Fsp3) is 0. The largest absolute Gasteiger partial charge is 0.348 e. The van der Waals surface area contributed by atoms with Crippen LogP contribution in [0.3, 0.4) is 0 Å². The molecule has 0 fully saturated rings. The summed E-state index contributed by atoms with van der Waals surface area (Å²) in [4.78, 5) is 1.16. The molecule has 1 aliphatic heterocycles. The van der Waals surface area contributed by atoms with Crippen molar-refractivity contribution in [3.63, 3.8) is 0 Å². The van der Waals surface area contributed by atoms with E-state index in [1.165, 1.54) is 0 Å². The monoisotopic (exact) mass is 250 g/mol. The Labute approximate surface area is 110 Å². The highest BCUT2D eigenvalue weighted by molar-refractivity contribution is 8.04. The predicted molar refractivity (Wildman–Crippen MR) is 74.9 cm³/mol. The number of para-hydroxylation sites is 1. The normalized spacial score (nSPS) is 15.5. The number of nitrogens with zero attached hydrogens (tertiary/aromatic N) is 1. The molecule has 3 rings (SSSR count). The van der Waals surface area contributed by atoms with Gasteiger partial charge in [-0.1, -0.05) is 54.2 Å².